The molecule has 2 aromatic carbocycles. The summed E-state index contributed by atoms with van der Waals surface area (Å²) in [5, 5.41) is 0. The zero-order chi connectivity index (χ0) is 23.0. The molecule has 1 aliphatic rings. The Balaban J connectivity index is 1.64. The van der Waals surface area contributed by atoms with E-state index < -0.39 is 15.9 Å². The molecule has 1 aliphatic carbocycles. The number of fused-ring (bicyclic) bond motifs is 1. The fraction of sp³-hybridized carbons (Fsp3) is 0.391. The molecule has 1 saturated carbocycles. The molecule has 0 saturated heterocycles. The largest absolute Gasteiger partial charge is 0.495 e. The molecule has 4 rings (SSSR count). The number of hydrogen-bond acceptors (Lipinski definition) is 5. The molecule has 0 bridgehead atoms. The lowest BCUT2D eigenvalue weighted by atomic mass is 10.2. The van der Waals surface area contributed by atoms with Crippen LogP contribution in [0.3, 0.4) is 0 Å². The van der Waals surface area contributed by atoms with Gasteiger partial charge in [-0.1, -0.05) is 30.2 Å². The van der Waals surface area contributed by atoms with E-state index in [1.54, 1.807) is 14.2 Å². The van der Waals surface area contributed by atoms with Crippen LogP contribution in [0.15, 0.2) is 46.3 Å². The lowest BCUT2D eigenvalue weighted by Crippen LogP contribution is -2.35. The Morgan fingerprint density at radius 2 is 1.81 bits per heavy atom. The van der Waals surface area contributed by atoms with Gasteiger partial charge in [0.05, 0.1) is 16.7 Å². The molecule has 0 radical (unpaired) electrons. The minimum atomic E-state index is -3.58. The Bertz CT molecular complexity index is 1330. The van der Waals surface area contributed by atoms with Gasteiger partial charge in [0, 0.05) is 25.7 Å². The van der Waals surface area contributed by atoms with Crippen molar-refractivity contribution in [1.29, 1.82) is 0 Å². The van der Waals surface area contributed by atoms with E-state index in [0.717, 1.165) is 47.2 Å². The summed E-state index contributed by atoms with van der Waals surface area (Å²) in [4.78, 5) is 17.9. The number of carbonyl (C=O) groups excluding carboxylic acids is 1. The summed E-state index contributed by atoms with van der Waals surface area (Å²) in [6.45, 7) is 2.01. The molecule has 0 unspecified atom stereocenters. The number of hydrogen-bond donors (Lipinski definition) is 0. The van der Waals surface area contributed by atoms with Crippen LogP contribution in [0.25, 0.3) is 10.2 Å². The summed E-state index contributed by atoms with van der Waals surface area (Å²) in [7, 11) is 1.51. The van der Waals surface area contributed by atoms with Crippen molar-refractivity contribution < 1.29 is 17.9 Å². The van der Waals surface area contributed by atoms with Gasteiger partial charge in [0.2, 0.25) is 10.0 Å². The second kappa shape index (κ2) is 8.80. The monoisotopic (exact) mass is 473 g/mol. The lowest BCUT2D eigenvalue weighted by molar-refractivity contribution is 0.0998. The highest BCUT2D eigenvalue weighted by Crippen LogP contribution is 2.30. The number of sulfonamides is 1. The van der Waals surface area contributed by atoms with E-state index in [4.69, 9.17) is 4.74 Å². The zero-order valence-electron chi connectivity index (χ0n) is 18.7. The summed E-state index contributed by atoms with van der Waals surface area (Å²) >= 11 is 1.42. The van der Waals surface area contributed by atoms with E-state index in [1.165, 1.54) is 39.9 Å². The first-order valence-electron chi connectivity index (χ1n) is 10.5. The molecule has 1 fully saturated rings. The number of ether oxygens (including phenoxy) is 1. The maximum Gasteiger partial charge on any atom is 0.279 e. The number of benzene rings is 2. The Labute approximate surface area is 192 Å². The van der Waals surface area contributed by atoms with Gasteiger partial charge in [-0.2, -0.15) is 9.30 Å². The number of nitrogens with zero attached hydrogens (tertiary/aromatic N) is 3. The van der Waals surface area contributed by atoms with Crippen molar-refractivity contribution in [3.63, 3.8) is 0 Å². The van der Waals surface area contributed by atoms with E-state index in [1.807, 2.05) is 30.7 Å². The zero-order valence-corrected chi connectivity index (χ0v) is 20.3. The second-order valence-corrected chi connectivity index (χ2v) is 11.1. The fourth-order valence-corrected chi connectivity index (χ4v) is 6.69. The van der Waals surface area contributed by atoms with E-state index in [0.29, 0.717) is 10.4 Å². The van der Waals surface area contributed by atoms with Gasteiger partial charge in [-0.15, -0.1) is 0 Å². The number of aromatic nitrogens is 1. The summed E-state index contributed by atoms with van der Waals surface area (Å²) < 4.78 is 35.7. The van der Waals surface area contributed by atoms with Crippen molar-refractivity contribution in [3.8, 4) is 5.75 Å². The normalized spacial score (nSPS) is 15.7. The Morgan fingerprint density at radius 1 is 1.16 bits per heavy atom. The molecule has 7 nitrogen and oxygen atoms in total. The molecule has 1 aromatic heterocycles. The maximum absolute atomic E-state index is 12.9. The van der Waals surface area contributed by atoms with E-state index in [9.17, 15) is 13.2 Å². The topological polar surface area (TPSA) is 81.0 Å². The first-order chi connectivity index (χ1) is 15.2. The second-order valence-electron chi connectivity index (χ2n) is 8.11. The Hall–Kier alpha value is -2.49. The van der Waals surface area contributed by atoms with Crippen LogP contribution in [0.4, 0.5) is 0 Å². The van der Waals surface area contributed by atoms with Crippen LogP contribution in [-0.4, -0.2) is 43.4 Å². The van der Waals surface area contributed by atoms with Gasteiger partial charge < -0.3 is 9.30 Å². The van der Waals surface area contributed by atoms with Crippen LogP contribution in [0.2, 0.25) is 0 Å². The van der Waals surface area contributed by atoms with Gasteiger partial charge in [-0.05, 0) is 55.7 Å². The van der Waals surface area contributed by atoms with Crippen molar-refractivity contribution in [3.05, 3.63) is 52.3 Å². The standard InChI is InChI=1S/C23H27N3O4S2/c1-15-9-14-19(30-4)20-21(15)31-23(25(20)2)24-22(27)16-10-12-18(13-11-16)32(28,29)26(3)17-7-5-6-8-17/h9-14,17H,5-8H2,1-4H3. The van der Waals surface area contributed by atoms with Crippen molar-refractivity contribution in [2.24, 2.45) is 12.0 Å². The Morgan fingerprint density at radius 3 is 2.44 bits per heavy atom. The highest BCUT2D eigenvalue weighted by atomic mass is 32.2. The van der Waals surface area contributed by atoms with Crippen LogP contribution in [-0.2, 0) is 17.1 Å². The molecular formula is C23H27N3O4S2. The van der Waals surface area contributed by atoms with E-state index in [2.05, 4.69) is 4.99 Å². The van der Waals surface area contributed by atoms with Crippen molar-refractivity contribution in [2.75, 3.05) is 14.2 Å². The molecule has 1 heterocycles. The first-order valence-corrected chi connectivity index (χ1v) is 12.8. The van der Waals surface area contributed by atoms with Crippen molar-refractivity contribution in [2.45, 2.75) is 43.5 Å². The average molecular weight is 474 g/mol. The van der Waals surface area contributed by atoms with Crippen molar-refractivity contribution in [1.82, 2.24) is 8.87 Å². The van der Waals surface area contributed by atoms with E-state index in [-0.39, 0.29) is 10.9 Å². The molecule has 32 heavy (non-hydrogen) atoms. The predicted octanol–water partition coefficient (Wildman–Crippen LogP) is 3.86. The average Bonchev–Trinajstić information content (AvgIpc) is 3.43. The number of carbonyl (C=O) groups is 1. The van der Waals surface area contributed by atoms with E-state index >= 15 is 0 Å². The minimum absolute atomic E-state index is 0.0460. The van der Waals surface area contributed by atoms with Gasteiger partial charge in [0.1, 0.15) is 11.3 Å². The summed E-state index contributed by atoms with van der Waals surface area (Å²) in [5.41, 5.74) is 2.31. The molecule has 3 aromatic rings. The number of rotatable bonds is 5. The minimum Gasteiger partial charge on any atom is -0.495 e. The third-order valence-corrected chi connectivity index (χ3v) is 9.33. The van der Waals surface area contributed by atoms with Gasteiger partial charge >= 0.3 is 0 Å². The molecular weight excluding hydrogens is 446 g/mol. The molecule has 0 aliphatic heterocycles. The molecule has 0 N–H and O–H groups in total. The SMILES string of the molecule is COc1ccc(C)c2sc(=NC(=O)c3ccc(S(=O)(=O)N(C)C4CCCC4)cc3)n(C)c12. The molecule has 1 amide bonds. The van der Waals surface area contributed by atoms with Crippen LogP contribution < -0.4 is 9.54 Å². The number of methoxy groups -OCH3 is 1. The highest BCUT2D eigenvalue weighted by molar-refractivity contribution is 7.89. The number of aryl methyl sites for hydroxylation is 2. The molecule has 170 valence electrons. The third kappa shape index (κ3) is 4.00. The fourth-order valence-electron chi connectivity index (χ4n) is 4.17. The van der Waals surface area contributed by atoms with Gasteiger partial charge in [-0.25, -0.2) is 8.42 Å². The maximum atomic E-state index is 12.9. The summed E-state index contributed by atoms with van der Waals surface area (Å²) in [6, 6.07) is 9.96. The lowest BCUT2D eigenvalue weighted by Gasteiger charge is -2.23. The highest BCUT2D eigenvalue weighted by Gasteiger charge is 2.30. The van der Waals surface area contributed by atoms with Gasteiger partial charge in [0.25, 0.3) is 5.91 Å². The quantitative estimate of drug-likeness (QED) is 0.564. The predicted molar refractivity (Wildman–Crippen MR) is 126 cm³/mol. The van der Waals surface area contributed by atoms with Crippen LogP contribution >= 0.6 is 11.3 Å². The van der Waals surface area contributed by atoms with Crippen LogP contribution in [0.5, 0.6) is 5.75 Å². The smallest absolute Gasteiger partial charge is 0.279 e. The summed E-state index contributed by atoms with van der Waals surface area (Å²) in [6.07, 6.45) is 3.89. The van der Waals surface area contributed by atoms with Crippen LogP contribution in [0.1, 0.15) is 41.6 Å². The molecule has 0 spiro atoms. The molecule has 0 atom stereocenters. The number of amides is 1. The van der Waals surface area contributed by atoms with Crippen LogP contribution in [0, 0.1) is 6.92 Å². The first kappa shape index (κ1) is 22.7. The van der Waals surface area contributed by atoms with Crippen molar-refractivity contribution >= 4 is 37.5 Å². The third-order valence-electron chi connectivity index (χ3n) is 6.14. The molecule has 9 heteroatoms. The number of thiazole rings is 1. The van der Waals surface area contributed by atoms with Gasteiger partial charge in [-0.3, -0.25) is 4.79 Å². The van der Waals surface area contributed by atoms with Gasteiger partial charge in [0.15, 0.2) is 4.80 Å². The summed E-state index contributed by atoms with van der Waals surface area (Å²) in [5.74, 6) is 0.302. The Kier molecular flexibility index (Phi) is 6.24.